The second kappa shape index (κ2) is 5.50. The first-order valence-corrected chi connectivity index (χ1v) is 5.62. The SMILES string of the molecule is COc1ccc2ccnc(NCCCO)c2c1. The summed E-state index contributed by atoms with van der Waals surface area (Å²) in [5.74, 6) is 1.64. The Balaban J connectivity index is 2.33. The number of hydrogen-bond acceptors (Lipinski definition) is 4. The molecule has 2 N–H and O–H groups in total. The average Bonchev–Trinajstić information content (AvgIpc) is 2.39. The number of nitrogens with one attached hydrogen (secondary N) is 1. The van der Waals surface area contributed by atoms with Crippen LogP contribution in [-0.4, -0.2) is 30.4 Å². The van der Waals surface area contributed by atoms with Gasteiger partial charge in [0.05, 0.1) is 7.11 Å². The molecule has 4 heteroatoms. The zero-order valence-corrected chi connectivity index (χ0v) is 9.81. The topological polar surface area (TPSA) is 54.4 Å². The van der Waals surface area contributed by atoms with Gasteiger partial charge in [-0.25, -0.2) is 4.98 Å². The van der Waals surface area contributed by atoms with Gasteiger partial charge in [0.25, 0.3) is 0 Å². The van der Waals surface area contributed by atoms with E-state index in [0.29, 0.717) is 13.0 Å². The molecule has 1 aromatic carbocycles. The smallest absolute Gasteiger partial charge is 0.133 e. The van der Waals surface area contributed by atoms with Gasteiger partial charge in [-0.3, -0.25) is 0 Å². The number of fused-ring (bicyclic) bond motifs is 1. The van der Waals surface area contributed by atoms with Crippen molar-refractivity contribution in [2.24, 2.45) is 0 Å². The standard InChI is InChI=1S/C13H16N2O2/c1-17-11-4-3-10-5-7-15-13(12(10)9-11)14-6-2-8-16/h3-5,7,9,16H,2,6,8H2,1H3,(H,14,15). The zero-order valence-electron chi connectivity index (χ0n) is 9.81. The number of ether oxygens (including phenoxy) is 1. The first kappa shape index (κ1) is 11.7. The van der Waals surface area contributed by atoms with Gasteiger partial charge in [0.15, 0.2) is 0 Å². The van der Waals surface area contributed by atoms with E-state index in [1.807, 2.05) is 24.3 Å². The molecular formula is C13H16N2O2. The number of pyridine rings is 1. The lowest BCUT2D eigenvalue weighted by Gasteiger charge is -2.09. The highest BCUT2D eigenvalue weighted by Crippen LogP contribution is 2.25. The molecule has 0 radical (unpaired) electrons. The Bertz CT molecular complexity index is 500. The van der Waals surface area contributed by atoms with E-state index in [-0.39, 0.29) is 6.61 Å². The predicted octanol–water partition coefficient (Wildman–Crippen LogP) is 2.04. The molecule has 0 aliphatic heterocycles. The van der Waals surface area contributed by atoms with Crippen molar-refractivity contribution in [2.45, 2.75) is 6.42 Å². The highest BCUT2D eigenvalue weighted by molar-refractivity contribution is 5.92. The molecule has 0 saturated heterocycles. The van der Waals surface area contributed by atoms with Crippen LogP contribution in [0.25, 0.3) is 10.8 Å². The maximum atomic E-state index is 8.76. The van der Waals surface area contributed by atoms with E-state index in [4.69, 9.17) is 9.84 Å². The first-order chi connectivity index (χ1) is 8.35. The van der Waals surface area contributed by atoms with Crippen molar-refractivity contribution in [3.63, 3.8) is 0 Å². The summed E-state index contributed by atoms with van der Waals surface area (Å²) in [5, 5.41) is 14.1. The first-order valence-electron chi connectivity index (χ1n) is 5.62. The van der Waals surface area contributed by atoms with Gasteiger partial charge < -0.3 is 15.2 Å². The van der Waals surface area contributed by atoms with Crippen LogP contribution in [0.15, 0.2) is 30.5 Å². The third-order valence-electron chi connectivity index (χ3n) is 2.60. The number of benzene rings is 1. The van der Waals surface area contributed by atoms with Gasteiger partial charge in [-0.2, -0.15) is 0 Å². The van der Waals surface area contributed by atoms with Crippen LogP contribution in [0.1, 0.15) is 6.42 Å². The minimum absolute atomic E-state index is 0.182. The molecule has 2 aromatic rings. The summed E-state index contributed by atoms with van der Waals surface area (Å²) < 4.78 is 5.21. The van der Waals surface area contributed by atoms with E-state index in [9.17, 15) is 0 Å². The summed E-state index contributed by atoms with van der Waals surface area (Å²) in [6.07, 6.45) is 2.48. The predicted molar refractivity (Wildman–Crippen MR) is 68.5 cm³/mol. The Labute approximate surface area is 100 Å². The Morgan fingerprint density at radius 1 is 1.35 bits per heavy atom. The van der Waals surface area contributed by atoms with Gasteiger partial charge in [0.2, 0.25) is 0 Å². The van der Waals surface area contributed by atoms with Crippen molar-refractivity contribution in [1.82, 2.24) is 4.98 Å². The number of rotatable bonds is 5. The van der Waals surface area contributed by atoms with E-state index in [2.05, 4.69) is 10.3 Å². The maximum absolute atomic E-state index is 8.76. The third-order valence-corrected chi connectivity index (χ3v) is 2.60. The maximum Gasteiger partial charge on any atom is 0.133 e. The normalized spacial score (nSPS) is 10.5. The number of aromatic nitrogens is 1. The van der Waals surface area contributed by atoms with E-state index >= 15 is 0 Å². The monoisotopic (exact) mass is 232 g/mol. The van der Waals surface area contributed by atoms with Crippen molar-refractivity contribution >= 4 is 16.6 Å². The minimum atomic E-state index is 0.182. The van der Waals surface area contributed by atoms with Crippen LogP contribution in [0.3, 0.4) is 0 Å². The number of hydrogen-bond donors (Lipinski definition) is 2. The number of aliphatic hydroxyl groups excluding tert-OH is 1. The molecule has 0 unspecified atom stereocenters. The molecule has 0 bridgehead atoms. The molecule has 2 rings (SSSR count). The fourth-order valence-corrected chi connectivity index (χ4v) is 1.70. The van der Waals surface area contributed by atoms with Crippen molar-refractivity contribution in [2.75, 3.05) is 25.6 Å². The summed E-state index contributed by atoms with van der Waals surface area (Å²) >= 11 is 0. The van der Waals surface area contributed by atoms with Crippen LogP contribution < -0.4 is 10.1 Å². The van der Waals surface area contributed by atoms with Crippen LogP contribution in [0.4, 0.5) is 5.82 Å². The summed E-state index contributed by atoms with van der Waals surface area (Å²) in [5.41, 5.74) is 0. The Hall–Kier alpha value is -1.81. The molecule has 4 nitrogen and oxygen atoms in total. The summed E-state index contributed by atoms with van der Waals surface area (Å²) in [6, 6.07) is 7.86. The molecular weight excluding hydrogens is 216 g/mol. The molecule has 90 valence electrons. The summed E-state index contributed by atoms with van der Waals surface area (Å²) in [7, 11) is 1.65. The molecule has 1 heterocycles. The second-order valence-electron chi connectivity index (χ2n) is 3.75. The van der Waals surface area contributed by atoms with E-state index < -0.39 is 0 Å². The molecule has 0 fully saturated rings. The van der Waals surface area contributed by atoms with Crippen molar-refractivity contribution in [3.8, 4) is 5.75 Å². The van der Waals surface area contributed by atoms with E-state index in [1.54, 1.807) is 13.3 Å². The van der Waals surface area contributed by atoms with Crippen LogP contribution in [0.2, 0.25) is 0 Å². The lowest BCUT2D eigenvalue weighted by molar-refractivity contribution is 0.292. The zero-order chi connectivity index (χ0) is 12.1. The van der Waals surface area contributed by atoms with Crippen LogP contribution in [-0.2, 0) is 0 Å². The lowest BCUT2D eigenvalue weighted by atomic mass is 10.1. The minimum Gasteiger partial charge on any atom is -0.497 e. The van der Waals surface area contributed by atoms with Crippen molar-refractivity contribution in [3.05, 3.63) is 30.5 Å². The molecule has 0 saturated carbocycles. The Morgan fingerprint density at radius 3 is 3.00 bits per heavy atom. The van der Waals surface area contributed by atoms with E-state index in [1.165, 1.54) is 0 Å². The molecule has 0 aliphatic rings. The van der Waals surface area contributed by atoms with Crippen molar-refractivity contribution < 1.29 is 9.84 Å². The molecule has 1 aromatic heterocycles. The second-order valence-corrected chi connectivity index (χ2v) is 3.75. The van der Waals surface area contributed by atoms with Gasteiger partial charge in [0, 0.05) is 24.7 Å². The van der Waals surface area contributed by atoms with Crippen LogP contribution in [0, 0.1) is 0 Å². The van der Waals surface area contributed by atoms with Gasteiger partial charge in [-0.15, -0.1) is 0 Å². The van der Waals surface area contributed by atoms with Crippen molar-refractivity contribution in [1.29, 1.82) is 0 Å². The Morgan fingerprint density at radius 2 is 2.24 bits per heavy atom. The number of nitrogens with zero attached hydrogens (tertiary/aromatic N) is 1. The molecule has 0 aliphatic carbocycles. The molecule has 0 spiro atoms. The van der Waals surface area contributed by atoms with E-state index in [0.717, 1.165) is 22.3 Å². The Kier molecular flexibility index (Phi) is 3.77. The van der Waals surface area contributed by atoms with Crippen LogP contribution in [0.5, 0.6) is 5.75 Å². The summed E-state index contributed by atoms with van der Waals surface area (Å²) in [4.78, 5) is 4.31. The number of methoxy groups -OCH3 is 1. The van der Waals surface area contributed by atoms with Gasteiger partial charge in [-0.1, -0.05) is 6.07 Å². The van der Waals surface area contributed by atoms with Gasteiger partial charge >= 0.3 is 0 Å². The highest BCUT2D eigenvalue weighted by Gasteiger charge is 2.03. The lowest BCUT2D eigenvalue weighted by Crippen LogP contribution is -2.05. The van der Waals surface area contributed by atoms with Gasteiger partial charge in [-0.05, 0) is 30.0 Å². The third kappa shape index (κ3) is 2.65. The molecule has 0 atom stereocenters. The largest absolute Gasteiger partial charge is 0.497 e. The number of anilines is 1. The number of aliphatic hydroxyl groups is 1. The molecule has 17 heavy (non-hydrogen) atoms. The quantitative estimate of drug-likeness (QED) is 0.774. The van der Waals surface area contributed by atoms with Crippen LogP contribution >= 0.6 is 0 Å². The molecule has 0 amide bonds. The fourth-order valence-electron chi connectivity index (χ4n) is 1.70. The summed E-state index contributed by atoms with van der Waals surface area (Å²) in [6.45, 7) is 0.890. The van der Waals surface area contributed by atoms with Gasteiger partial charge in [0.1, 0.15) is 11.6 Å². The fraction of sp³-hybridized carbons (Fsp3) is 0.308. The average molecular weight is 232 g/mol. The highest BCUT2D eigenvalue weighted by atomic mass is 16.5.